The molecule has 0 amide bonds. The van der Waals surface area contributed by atoms with Gasteiger partial charge in [-0.3, -0.25) is 0 Å². The zero-order valence-electron chi connectivity index (χ0n) is 12.7. The van der Waals surface area contributed by atoms with Gasteiger partial charge in [0.05, 0.1) is 11.1 Å². The van der Waals surface area contributed by atoms with Crippen LogP contribution in [0.25, 0.3) is 11.0 Å². The number of nitrogens with zero attached hydrogens (tertiary/aromatic N) is 2. The number of aromatic carboxylic acids is 1. The smallest absolute Gasteiger partial charge is 0.337 e. The summed E-state index contributed by atoms with van der Waals surface area (Å²) >= 11 is 0. The zero-order valence-corrected chi connectivity index (χ0v) is 12.7. The molecule has 1 aliphatic carbocycles. The molecule has 0 aliphatic heterocycles. The van der Waals surface area contributed by atoms with Crippen LogP contribution < -0.4 is 0 Å². The maximum absolute atomic E-state index is 11.4. The van der Waals surface area contributed by atoms with E-state index in [2.05, 4.69) is 23.4 Å². The fraction of sp³-hybridized carbons (Fsp3) is 0.529. The van der Waals surface area contributed by atoms with Crippen LogP contribution in [0.15, 0.2) is 18.2 Å². The highest BCUT2D eigenvalue weighted by Crippen LogP contribution is 2.36. The fourth-order valence-electron chi connectivity index (χ4n) is 3.69. The van der Waals surface area contributed by atoms with Crippen molar-refractivity contribution < 1.29 is 9.90 Å². The number of para-hydroxylation sites is 1. The van der Waals surface area contributed by atoms with Gasteiger partial charge in [-0.15, -0.1) is 0 Å². The van der Waals surface area contributed by atoms with E-state index in [1.807, 2.05) is 12.1 Å². The van der Waals surface area contributed by atoms with E-state index < -0.39 is 5.97 Å². The summed E-state index contributed by atoms with van der Waals surface area (Å²) in [5, 5.41) is 9.36. The monoisotopic (exact) mass is 286 g/mol. The van der Waals surface area contributed by atoms with E-state index in [0.717, 1.165) is 17.8 Å². The Morgan fingerprint density at radius 1 is 1.43 bits per heavy atom. The van der Waals surface area contributed by atoms with Gasteiger partial charge in [-0.05, 0) is 37.8 Å². The first-order valence-corrected chi connectivity index (χ1v) is 7.86. The minimum Gasteiger partial charge on any atom is -0.478 e. The Morgan fingerprint density at radius 2 is 2.14 bits per heavy atom. The molecule has 1 fully saturated rings. The number of carboxylic acids is 1. The Labute approximate surface area is 124 Å². The summed E-state index contributed by atoms with van der Waals surface area (Å²) in [6, 6.07) is 5.85. The summed E-state index contributed by atoms with van der Waals surface area (Å²) in [7, 11) is 0. The van der Waals surface area contributed by atoms with Crippen molar-refractivity contribution in [3.8, 4) is 0 Å². The summed E-state index contributed by atoms with van der Waals surface area (Å²) in [5.41, 5.74) is 1.90. The highest BCUT2D eigenvalue weighted by molar-refractivity contribution is 6.01. The first-order valence-electron chi connectivity index (χ1n) is 7.86. The van der Waals surface area contributed by atoms with Gasteiger partial charge in [-0.1, -0.05) is 25.8 Å². The number of carboxylic acid groups (broad SMARTS) is 1. The molecule has 1 aromatic heterocycles. The number of hydrogen-bond donors (Lipinski definition) is 1. The van der Waals surface area contributed by atoms with Crippen molar-refractivity contribution in [3.05, 3.63) is 29.6 Å². The lowest BCUT2D eigenvalue weighted by atomic mass is 9.99. The molecule has 2 aromatic rings. The van der Waals surface area contributed by atoms with Crippen LogP contribution in [0.5, 0.6) is 0 Å². The van der Waals surface area contributed by atoms with E-state index in [4.69, 9.17) is 0 Å². The molecule has 1 atom stereocenters. The van der Waals surface area contributed by atoms with Crippen LogP contribution in [0.3, 0.4) is 0 Å². The van der Waals surface area contributed by atoms with Crippen molar-refractivity contribution in [2.75, 3.05) is 0 Å². The Bertz CT molecular complexity index is 669. The van der Waals surface area contributed by atoms with Crippen molar-refractivity contribution >= 4 is 17.0 Å². The molecule has 4 heteroatoms. The molecule has 3 rings (SSSR count). The zero-order chi connectivity index (χ0) is 15.0. The minimum atomic E-state index is -0.901. The Kier molecular flexibility index (Phi) is 3.70. The van der Waals surface area contributed by atoms with E-state index in [-0.39, 0.29) is 0 Å². The Hall–Kier alpha value is -1.84. The van der Waals surface area contributed by atoms with Gasteiger partial charge in [0.2, 0.25) is 0 Å². The molecule has 112 valence electrons. The second kappa shape index (κ2) is 5.51. The lowest BCUT2D eigenvalue weighted by molar-refractivity contribution is 0.0699. The van der Waals surface area contributed by atoms with Crippen LogP contribution in [0.1, 0.15) is 61.8 Å². The van der Waals surface area contributed by atoms with Crippen molar-refractivity contribution in [1.82, 2.24) is 9.55 Å². The first-order chi connectivity index (χ1) is 10.1. The maximum Gasteiger partial charge on any atom is 0.337 e. The Balaban J connectivity index is 2.16. The second-order valence-electron chi connectivity index (χ2n) is 6.02. The normalized spacial score (nSPS) is 17.4. The van der Waals surface area contributed by atoms with Crippen LogP contribution in [0, 0.1) is 5.92 Å². The molecule has 1 aliphatic rings. The molecule has 0 bridgehead atoms. The van der Waals surface area contributed by atoms with E-state index in [9.17, 15) is 9.90 Å². The number of carbonyl (C=O) groups is 1. The highest BCUT2D eigenvalue weighted by Gasteiger charge is 2.26. The molecule has 1 heterocycles. The van der Waals surface area contributed by atoms with Gasteiger partial charge in [0.25, 0.3) is 0 Å². The quantitative estimate of drug-likeness (QED) is 0.922. The van der Waals surface area contributed by atoms with Gasteiger partial charge in [0, 0.05) is 12.5 Å². The van der Waals surface area contributed by atoms with Gasteiger partial charge in [0.1, 0.15) is 11.3 Å². The average molecular weight is 286 g/mol. The molecular weight excluding hydrogens is 264 g/mol. The van der Waals surface area contributed by atoms with Crippen LogP contribution in [0.2, 0.25) is 0 Å². The fourth-order valence-corrected chi connectivity index (χ4v) is 3.69. The summed E-state index contributed by atoms with van der Waals surface area (Å²) in [6.07, 6.45) is 5.98. The molecule has 1 N–H and O–H groups in total. The molecular formula is C17H22N2O2. The van der Waals surface area contributed by atoms with Crippen LogP contribution in [0.4, 0.5) is 0 Å². The molecule has 0 saturated heterocycles. The predicted molar refractivity (Wildman–Crippen MR) is 82.7 cm³/mol. The van der Waals surface area contributed by atoms with Gasteiger partial charge in [0.15, 0.2) is 0 Å². The number of fused-ring (bicyclic) bond motifs is 1. The molecule has 0 spiro atoms. The maximum atomic E-state index is 11.4. The average Bonchev–Trinajstić information content (AvgIpc) is 3.12. The summed E-state index contributed by atoms with van der Waals surface area (Å²) in [5.74, 6) is 0.778. The van der Waals surface area contributed by atoms with E-state index in [1.165, 1.54) is 25.7 Å². The molecule has 21 heavy (non-hydrogen) atoms. The van der Waals surface area contributed by atoms with E-state index in [0.29, 0.717) is 23.0 Å². The number of hydrogen-bond acceptors (Lipinski definition) is 2. The van der Waals surface area contributed by atoms with Crippen molar-refractivity contribution in [2.24, 2.45) is 5.92 Å². The number of imidazole rings is 1. The molecule has 4 nitrogen and oxygen atoms in total. The van der Waals surface area contributed by atoms with Crippen LogP contribution in [-0.2, 0) is 6.42 Å². The van der Waals surface area contributed by atoms with Crippen molar-refractivity contribution in [2.45, 2.75) is 52.0 Å². The van der Waals surface area contributed by atoms with Gasteiger partial charge in [-0.25, -0.2) is 9.78 Å². The minimum absolute atomic E-state index is 0.305. The number of rotatable bonds is 4. The summed E-state index contributed by atoms with van der Waals surface area (Å²) in [6.45, 7) is 4.34. The lowest BCUT2D eigenvalue weighted by Gasteiger charge is -2.23. The standard InChI is InChI=1S/C17H22N2O2/c1-3-15-18-16-13(17(20)21)9-6-10-14(16)19(15)11(2)12-7-4-5-8-12/h6,9-12H,3-5,7-8H2,1-2H3,(H,20,21). The molecule has 0 radical (unpaired) electrons. The molecule has 1 aromatic carbocycles. The number of aromatic nitrogens is 2. The topological polar surface area (TPSA) is 55.1 Å². The highest BCUT2D eigenvalue weighted by atomic mass is 16.4. The van der Waals surface area contributed by atoms with Gasteiger partial charge in [-0.2, -0.15) is 0 Å². The molecule has 1 saturated carbocycles. The van der Waals surface area contributed by atoms with Crippen LogP contribution in [-0.4, -0.2) is 20.6 Å². The lowest BCUT2D eigenvalue weighted by Crippen LogP contribution is -2.16. The van der Waals surface area contributed by atoms with Crippen molar-refractivity contribution in [3.63, 3.8) is 0 Å². The van der Waals surface area contributed by atoms with E-state index in [1.54, 1.807) is 6.07 Å². The third-order valence-corrected chi connectivity index (χ3v) is 4.83. The van der Waals surface area contributed by atoms with Crippen LogP contribution >= 0.6 is 0 Å². The predicted octanol–water partition coefficient (Wildman–Crippen LogP) is 4.05. The number of benzene rings is 1. The van der Waals surface area contributed by atoms with Gasteiger partial charge >= 0.3 is 5.97 Å². The number of aryl methyl sites for hydroxylation is 1. The second-order valence-corrected chi connectivity index (χ2v) is 6.02. The Morgan fingerprint density at radius 3 is 2.76 bits per heavy atom. The van der Waals surface area contributed by atoms with Gasteiger partial charge < -0.3 is 9.67 Å². The van der Waals surface area contributed by atoms with E-state index >= 15 is 0 Å². The first kappa shape index (κ1) is 14.1. The SMILES string of the molecule is CCc1nc2c(C(=O)O)cccc2n1C(C)C1CCCC1. The van der Waals surface area contributed by atoms with Crippen molar-refractivity contribution in [1.29, 1.82) is 0 Å². The summed E-state index contributed by atoms with van der Waals surface area (Å²) in [4.78, 5) is 16.0. The largest absolute Gasteiger partial charge is 0.478 e. The third kappa shape index (κ3) is 2.33. The molecule has 1 unspecified atom stereocenters. The summed E-state index contributed by atoms with van der Waals surface area (Å²) < 4.78 is 2.28. The third-order valence-electron chi connectivity index (χ3n) is 4.83.